The third-order valence-electron chi connectivity index (χ3n) is 5.27. The van der Waals surface area contributed by atoms with Gasteiger partial charge in [-0.3, -0.25) is 14.6 Å². The minimum Gasteiger partial charge on any atom is -0.350 e. The van der Waals surface area contributed by atoms with Crippen LogP contribution in [0.3, 0.4) is 0 Å². The molecule has 0 aliphatic carbocycles. The topological polar surface area (TPSA) is 133 Å². The fourth-order valence-corrected chi connectivity index (χ4v) is 5.66. The second kappa shape index (κ2) is 10.3. The normalized spacial score (nSPS) is 19.7. The third-order valence-corrected chi connectivity index (χ3v) is 8.20. The summed E-state index contributed by atoms with van der Waals surface area (Å²) in [4.78, 5) is 34.7. The first-order valence-corrected chi connectivity index (χ1v) is 12.9. The van der Waals surface area contributed by atoms with Crippen LogP contribution in [0.25, 0.3) is 10.6 Å². The highest BCUT2D eigenvalue weighted by molar-refractivity contribution is 7.87. The fourth-order valence-electron chi connectivity index (χ4n) is 3.39. The molecule has 2 amide bonds. The minimum absolute atomic E-state index is 0.119. The van der Waals surface area contributed by atoms with E-state index < -0.39 is 39.9 Å². The first-order chi connectivity index (χ1) is 16.6. The summed E-state index contributed by atoms with van der Waals surface area (Å²) in [6.07, 6.45) is 4.84. The number of amides is 2. The lowest BCUT2D eigenvalue weighted by molar-refractivity contribution is -0.124. The number of nitrogens with zero attached hydrogens (tertiary/aromatic N) is 3. The molecule has 1 saturated heterocycles. The fraction of sp³-hybridized carbons (Fsp3) is 0.238. The number of pyridine rings is 1. The van der Waals surface area contributed by atoms with Crippen molar-refractivity contribution in [3.63, 3.8) is 0 Å². The van der Waals surface area contributed by atoms with Gasteiger partial charge in [-0.1, -0.05) is 11.6 Å². The first-order valence-electron chi connectivity index (χ1n) is 10.3. The number of aromatic nitrogens is 2. The number of halogens is 2. The Kier molecular flexibility index (Phi) is 7.42. The van der Waals surface area contributed by atoms with Crippen LogP contribution in [0.2, 0.25) is 5.02 Å². The van der Waals surface area contributed by atoms with Gasteiger partial charge in [-0.05, 0) is 36.8 Å². The summed E-state index contributed by atoms with van der Waals surface area (Å²) in [5.74, 6) is -1.92. The molecule has 14 heteroatoms. The summed E-state index contributed by atoms with van der Waals surface area (Å²) < 4.78 is 41.7. The average molecular weight is 539 g/mol. The molecular formula is C21H20ClFN6O4S2. The Morgan fingerprint density at radius 3 is 2.80 bits per heavy atom. The summed E-state index contributed by atoms with van der Waals surface area (Å²) in [7, 11) is -2.88. The van der Waals surface area contributed by atoms with Gasteiger partial charge < -0.3 is 10.6 Å². The predicted octanol–water partition coefficient (Wildman–Crippen LogP) is 2.16. The van der Waals surface area contributed by atoms with Crippen molar-refractivity contribution < 1.29 is 22.4 Å². The Morgan fingerprint density at radius 2 is 2.09 bits per heavy atom. The van der Waals surface area contributed by atoms with E-state index in [4.69, 9.17) is 11.6 Å². The molecule has 10 nitrogen and oxygen atoms in total. The molecule has 3 aromatic rings. The van der Waals surface area contributed by atoms with E-state index >= 15 is 0 Å². The molecule has 4 rings (SSSR count). The number of likely N-dealkylation sites (N-methyl/N-ethyl adjacent to an activating group) is 1. The molecule has 1 aliphatic heterocycles. The minimum atomic E-state index is -4.11. The van der Waals surface area contributed by atoms with Crippen LogP contribution in [-0.2, 0) is 26.3 Å². The molecule has 2 unspecified atom stereocenters. The van der Waals surface area contributed by atoms with Crippen molar-refractivity contribution in [3.05, 3.63) is 64.6 Å². The van der Waals surface area contributed by atoms with Gasteiger partial charge in [0.1, 0.15) is 22.9 Å². The van der Waals surface area contributed by atoms with Crippen molar-refractivity contribution in [1.82, 2.24) is 24.3 Å². The van der Waals surface area contributed by atoms with Crippen molar-refractivity contribution in [3.8, 4) is 10.6 Å². The molecule has 0 radical (unpaired) electrons. The van der Waals surface area contributed by atoms with Crippen molar-refractivity contribution >= 4 is 50.6 Å². The zero-order chi connectivity index (χ0) is 25.2. The van der Waals surface area contributed by atoms with E-state index in [1.165, 1.54) is 30.5 Å². The lowest BCUT2D eigenvalue weighted by Crippen LogP contribution is -2.62. The Bertz CT molecular complexity index is 1350. The lowest BCUT2D eigenvalue weighted by atomic mass is 10.1. The summed E-state index contributed by atoms with van der Waals surface area (Å²) in [6, 6.07) is 4.90. The van der Waals surface area contributed by atoms with Crippen LogP contribution < -0.4 is 15.4 Å². The van der Waals surface area contributed by atoms with Crippen LogP contribution in [0.1, 0.15) is 11.3 Å². The van der Waals surface area contributed by atoms with E-state index in [0.717, 1.165) is 25.8 Å². The zero-order valence-corrected chi connectivity index (χ0v) is 20.6. The highest BCUT2D eigenvalue weighted by Crippen LogP contribution is 2.25. The standard InChI is InChI=1S/C21H20ClFN6O4S2/c1-29-18(20(31)27-13-4-5-16(23)15(22)7-13)8-17(28-35(29,32)33)19(30)25-10-14-11-26-21(34-14)12-3-2-6-24-9-12/h2-7,9,11,17-18,28H,8,10H2,1H3,(H,25,30)(H,27,31). The molecule has 3 heterocycles. The summed E-state index contributed by atoms with van der Waals surface area (Å²) in [5.41, 5.74) is 1.04. The maximum Gasteiger partial charge on any atom is 0.280 e. The van der Waals surface area contributed by atoms with E-state index in [1.807, 2.05) is 6.07 Å². The van der Waals surface area contributed by atoms with Gasteiger partial charge in [0.2, 0.25) is 11.8 Å². The van der Waals surface area contributed by atoms with Crippen LogP contribution in [0.5, 0.6) is 0 Å². The first kappa shape index (κ1) is 25.1. The Morgan fingerprint density at radius 1 is 1.29 bits per heavy atom. The molecular weight excluding hydrogens is 519 g/mol. The molecule has 2 atom stereocenters. The molecule has 1 aliphatic rings. The number of rotatable bonds is 6. The van der Waals surface area contributed by atoms with E-state index in [1.54, 1.807) is 24.7 Å². The third kappa shape index (κ3) is 5.82. The number of anilines is 1. The number of carbonyl (C=O) groups excluding carboxylic acids is 2. The second-order valence-corrected chi connectivity index (χ2v) is 10.9. The molecule has 0 bridgehead atoms. The van der Waals surface area contributed by atoms with Gasteiger partial charge in [-0.25, -0.2) is 9.37 Å². The van der Waals surface area contributed by atoms with E-state index in [0.29, 0.717) is 0 Å². The van der Waals surface area contributed by atoms with E-state index in [-0.39, 0.29) is 23.7 Å². The molecule has 0 spiro atoms. The van der Waals surface area contributed by atoms with Crippen LogP contribution in [0.15, 0.2) is 48.9 Å². The highest BCUT2D eigenvalue weighted by Gasteiger charge is 2.42. The Hall–Kier alpha value is -2.97. The molecule has 1 aromatic carbocycles. The maximum absolute atomic E-state index is 13.4. The van der Waals surface area contributed by atoms with Gasteiger partial charge in [-0.2, -0.15) is 17.4 Å². The Labute approximate surface area is 209 Å². The number of nitrogens with one attached hydrogen (secondary N) is 3. The Balaban J connectivity index is 1.41. The molecule has 35 heavy (non-hydrogen) atoms. The van der Waals surface area contributed by atoms with Crippen molar-refractivity contribution in [2.75, 3.05) is 12.4 Å². The van der Waals surface area contributed by atoms with Gasteiger partial charge in [0.15, 0.2) is 0 Å². The number of benzene rings is 1. The van der Waals surface area contributed by atoms with Gasteiger partial charge in [-0.15, -0.1) is 11.3 Å². The quantitative estimate of drug-likeness (QED) is 0.440. The molecule has 184 valence electrons. The molecule has 1 fully saturated rings. The smallest absolute Gasteiger partial charge is 0.280 e. The molecule has 2 aromatic heterocycles. The van der Waals surface area contributed by atoms with Crippen LogP contribution in [0.4, 0.5) is 10.1 Å². The summed E-state index contributed by atoms with van der Waals surface area (Å²) in [5, 5.41) is 5.75. The van der Waals surface area contributed by atoms with Crippen LogP contribution in [0, 0.1) is 5.82 Å². The SMILES string of the molecule is CN1C(C(=O)Nc2ccc(F)c(Cl)c2)CC(C(=O)NCc2cnc(-c3cccnc3)s2)NS1(=O)=O. The van der Waals surface area contributed by atoms with Gasteiger partial charge in [0, 0.05) is 41.8 Å². The predicted molar refractivity (Wildman–Crippen MR) is 129 cm³/mol. The summed E-state index contributed by atoms with van der Waals surface area (Å²) >= 11 is 7.11. The van der Waals surface area contributed by atoms with Gasteiger partial charge >= 0.3 is 0 Å². The van der Waals surface area contributed by atoms with Crippen LogP contribution in [-0.4, -0.2) is 53.6 Å². The molecule has 0 saturated carbocycles. The monoisotopic (exact) mass is 538 g/mol. The van der Waals surface area contributed by atoms with Crippen LogP contribution >= 0.6 is 22.9 Å². The largest absolute Gasteiger partial charge is 0.350 e. The number of hydrogen-bond donors (Lipinski definition) is 3. The van der Waals surface area contributed by atoms with Gasteiger partial charge in [0.25, 0.3) is 10.2 Å². The highest BCUT2D eigenvalue weighted by atomic mass is 35.5. The van der Waals surface area contributed by atoms with Gasteiger partial charge in [0.05, 0.1) is 11.6 Å². The van der Waals surface area contributed by atoms with Crippen molar-refractivity contribution in [1.29, 1.82) is 0 Å². The number of hydrogen-bond acceptors (Lipinski definition) is 7. The van der Waals surface area contributed by atoms with E-state index in [2.05, 4.69) is 25.3 Å². The van der Waals surface area contributed by atoms with Crippen molar-refractivity contribution in [2.45, 2.75) is 25.0 Å². The zero-order valence-electron chi connectivity index (χ0n) is 18.2. The number of carbonyl (C=O) groups is 2. The van der Waals surface area contributed by atoms with E-state index in [9.17, 15) is 22.4 Å². The maximum atomic E-state index is 13.4. The average Bonchev–Trinajstić information content (AvgIpc) is 3.31. The van der Waals surface area contributed by atoms with Crippen molar-refractivity contribution in [2.24, 2.45) is 0 Å². The number of thiazole rings is 1. The second-order valence-electron chi connectivity index (χ2n) is 7.65. The molecule has 3 N–H and O–H groups in total. The summed E-state index contributed by atoms with van der Waals surface area (Å²) in [6.45, 7) is 0.135. The lowest BCUT2D eigenvalue weighted by Gasteiger charge is -2.35.